The van der Waals surface area contributed by atoms with Gasteiger partial charge in [0.15, 0.2) is 11.6 Å². The van der Waals surface area contributed by atoms with Gasteiger partial charge in [0.2, 0.25) is 0 Å². The number of hydrogen-bond donors (Lipinski definition) is 2. The molecule has 0 unspecified atom stereocenters. The first kappa shape index (κ1) is 21.3. The van der Waals surface area contributed by atoms with Gasteiger partial charge in [0.25, 0.3) is 0 Å². The van der Waals surface area contributed by atoms with Crippen molar-refractivity contribution in [2.45, 2.75) is 67.8 Å². The van der Waals surface area contributed by atoms with Crippen LogP contribution in [0.2, 0.25) is 0 Å². The van der Waals surface area contributed by atoms with E-state index in [4.69, 9.17) is 4.11 Å². The highest BCUT2D eigenvalue weighted by molar-refractivity contribution is 7.98. The summed E-state index contributed by atoms with van der Waals surface area (Å²) in [7, 11) is 1.80. The second-order valence-corrected chi connectivity index (χ2v) is 10.8. The Morgan fingerprint density at radius 3 is 2.72 bits per heavy atom. The number of hydrogen-bond acceptors (Lipinski definition) is 8. The van der Waals surface area contributed by atoms with Gasteiger partial charge in [0, 0.05) is 27.8 Å². The number of rotatable bonds is 5. The van der Waals surface area contributed by atoms with Gasteiger partial charge in [-0.05, 0) is 69.5 Å². The van der Waals surface area contributed by atoms with E-state index < -0.39 is 23.7 Å². The molecular formula is C26H30F2N6OS. The molecule has 2 saturated heterocycles. The lowest BCUT2D eigenvalue weighted by molar-refractivity contribution is 0.00193. The Bertz CT molecular complexity index is 1380. The molecule has 0 spiro atoms. The van der Waals surface area contributed by atoms with Crippen LogP contribution in [0, 0.1) is 5.82 Å². The lowest BCUT2D eigenvalue weighted by Crippen LogP contribution is -2.72. The predicted molar refractivity (Wildman–Crippen MR) is 137 cm³/mol. The number of aromatic nitrogens is 4. The summed E-state index contributed by atoms with van der Waals surface area (Å²) in [6, 6.07) is 5.40. The van der Waals surface area contributed by atoms with Crippen LogP contribution in [0.15, 0.2) is 41.7 Å². The third-order valence-corrected chi connectivity index (χ3v) is 7.94. The molecule has 2 aliphatic rings. The van der Waals surface area contributed by atoms with Crippen LogP contribution in [0.3, 0.4) is 0 Å². The maximum absolute atomic E-state index is 15.7. The van der Waals surface area contributed by atoms with E-state index in [9.17, 15) is 9.50 Å². The van der Waals surface area contributed by atoms with E-state index >= 15 is 4.39 Å². The summed E-state index contributed by atoms with van der Waals surface area (Å²) in [4.78, 5) is 9.99. The highest BCUT2D eigenvalue weighted by Gasteiger charge is 2.53. The number of fused-ring (bicyclic) bond motifs is 2. The lowest BCUT2D eigenvalue weighted by Gasteiger charge is -2.56. The molecule has 36 heavy (non-hydrogen) atoms. The van der Waals surface area contributed by atoms with Crippen LogP contribution < -0.4 is 10.2 Å². The summed E-state index contributed by atoms with van der Waals surface area (Å²) in [5, 5.41) is 22.8. The van der Waals surface area contributed by atoms with Crippen LogP contribution in [0.1, 0.15) is 43.6 Å². The van der Waals surface area contributed by atoms with Gasteiger partial charge in [0.1, 0.15) is 17.7 Å². The SMILES string of the molecule is [2H]C([2H])([2H])Sc1cc(-c2ccc(-c3ncc(N(C)[C@H]4C[C@]5(C)CCC[C@@](C)(N5)[C@H]4F)nn3)c(O)c2)c(F)cn1. The first-order valence-corrected chi connectivity index (χ1v) is 12.6. The number of anilines is 1. The van der Waals surface area contributed by atoms with Crippen LogP contribution in [0.25, 0.3) is 22.5 Å². The normalized spacial score (nSPS) is 29.2. The molecular weight excluding hydrogens is 482 g/mol. The Balaban J connectivity index is 1.37. The molecule has 5 rings (SSSR count). The molecule has 0 saturated carbocycles. The molecule has 1 aromatic carbocycles. The number of pyridine rings is 1. The molecule has 4 atom stereocenters. The Hall–Kier alpha value is -2.85. The third-order valence-electron chi connectivity index (χ3n) is 7.51. The first-order chi connectivity index (χ1) is 18.3. The Kier molecular flexibility index (Phi) is 5.45. The van der Waals surface area contributed by atoms with Crippen LogP contribution in [0.4, 0.5) is 14.6 Å². The van der Waals surface area contributed by atoms with Gasteiger partial charge >= 0.3 is 0 Å². The summed E-state index contributed by atoms with van der Waals surface area (Å²) in [5.74, 6) is -0.276. The zero-order valence-corrected chi connectivity index (χ0v) is 21.1. The van der Waals surface area contributed by atoms with Crippen molar-refractivity contribution in [3.8, 4) is 28.3 Å². The van der Waals surface area contributed by atoms with Gasteiger partial charge in [0.05, 0.1) is 29.0 Å². The highest BCUT2D eigenvalue weighted by atomic mass is 32.2. The number of phenolic OH excluding ortho intramolecular Hbond substituents is 1. The average Bonchev–Trinajstić information content (AvgIpc) is 2.86. The molecule has 2 N–H and O–H groups in total. The summed E-state index contributed by atoms with van der Waals surface area (Å²) in [6.07, 6.45) is 2.42. The van der Waals surface area contributed by atoms with E-state index in [1.54, 1.807) is 18.0 Å². The van der Waals surface area contributed by atoms with Gasteiger partial charge in [-0.2, -0.15) is 0 Å². The van der Waals surface area contributed by atoms with Gasteiger partial charge in [-0.1, -0.05) is 6.07 Å². The second-order valence-electron chi connectivity index (χ2n) is 10.2. The Morgan fingerprint density at radius 1 is 1.17 bits per heavy atom. The smallest absolute Gasteiger partial charge is 0.185 e. The van der Waals surface area contributed by atoms with Crippen molar-refractivity contribution in [2.75, 3.05) is 18.1 Å². The van der Waals surface area contributed by atoms with Gasteiger partial charge in [-0.25, -0.2) is 18.7 Å². The van der Waals surface area contributed by atoms with Gasteiger partial charge < -0.3 is 15.3 Å². The number of nitrogens with one attached hydrogen (secondary N) is 1. The van der Waals surface area contributed by atoms with Crippen molar-refractivity contribution in [3.63, 3.8) is 0 Å². The van der Waals surface area contributed by atoms with E-state index in [0.717, 1.165) is 25.5 Å². The number of nitrogens with zero attached hydrogens (tertiary/aromatic N) is 5. The largest absolute Gasteiger partial charge is 0.507 e. The number of halogens is 2. The van der Waals surface area contributed by atoms with Crippen molar-refractivity contribution >= 4 is 17.6 Å². The Morgan fingerprint density at radius 2 is 2.00 bits per heavy atom. The minimum absolute atomic E-state index is 0.101. The molecule has 2 fully saturated rings. The zero-order chi connectivity index (χ0) is 28.2. The number of phenols is 1. The fourth-order valence-electron chi connectivity index (χ4n) is 5.65. The summed E-state index contributed by atoms with van der Waals surface area (Å²) >= 11 is 0.541. The topological polar surface area (TPSA) is 87.1 Å². The number of thioether (sulfide) groups is 1. The number of aromatic hydroxyl groups is 1. The molecule has 0 radical (unpaired) electrons. The van der Waals surface area contributed by atoms with E-state index in [2.05, 4.69) is 32.4 Å². The van der Waals surface area contributed by atoms with E-state index in [-0.39, 0.29) is 39.3 Å². The molecule has 190 valence electrons. The fourth-order valence-corrected chi connectivity index (χ4v) is 5.93. The number of piperidine rings is 2. The molecule has 2 bridgehead atoms. The fraction of sp³-hybridized carbons (Fsp3) is 0.462. The molecule has 10 heteroatoms. The zero-order valence-electron chi connectivity index (χ0n) is 23.3. The molecule has 0 amide bonds. The van der Waals surface area contributed by atoms with Crippen molar-refractivity contribution in [2.24, 2.45) is 0 Å². The standard InChI is InChI=1S/C26H30F2N6OS/c1-25-8-5-9-26(2,33-25)23(28)19(12-25)34(3)21-14-30-24(32-31-21)16-7-6-15(10-20(16)35)17-11-22(36-4)29-13-18(17)27/h6-7,10-11,13-14,19,23,33,35H,5,8-9,12H2,1-4H3/t19-,23-,25-,26+/m0/s1/i4D3. The van der Waals surface area contributed by atoms with E-state index in [1.165, 1.54) is 24.4 Å². The van der Waals surface area contributed by atoms with Crippen LogP contribution in [0.5, 0.6) is 5.75 Å². The van der Waals surface area contributed by atoms with Gasteiger partial charge in [-0.15, -0.1) is 22.0 Å². The Labute approximate surface area is 218 Å². The lowest BCUT2D eigenvalue weighted by atomic mass is 9.68. The molecule has 2 aromatic heterocycles. The maximum atomic E-state index is 15.7. The minimum atomic E-state index is -2.33. The first-order valence-electron chi connectivity index (χ1n) is 13.3. The van der Waals surface area contributed by atoms with E-state index in [0.29, 0.717) is 29.6 Å². The summed E-state index contributed by atoms with van der Waals surface area (Å²) < 4.78 is 52.3. The molecule has 0 aliphatic carbocycles. The van der Waals surface area contributed by atoms with Crippen LogP contribution in [-0.2, 0) is 0 Å². The third kappa shape index (κ3) is 4.41. The van der Waals surface area contributed by atoms with Crippen molar-refractivity contribution in [1.82, 2.24) is 25.5 Å². The van der Waals surface area contributed by atoms with Crippen molar-refractivity contribution < 1.29 is 18.0 Å². The molecule has 3 aromatic rings. The molecule has 7 nitrogen and oxygen atoms in total. The number of benzene rings is 1. The van der Waals surface area contributed by atoms with Crippen LogP contribution >= 0.6 is 11.8 Å². The summed E-state index contributed by atoms with van der Waals surface area (Å²) in [5.41, 5.74) is -0.0286. The monoisotopic (exact) mass is 515 g/mol. The van der Waals surface area contributed by atoms with Crippen molar-refractivity contribution in [3.05, 3.63) is 42.5 Å². The average molecular weight is 516 g/mol. The molecule has 4 heterocycles. The molecule has 2 aliphatic heterocycles. The second kappa shape index (κ2) is 9.23. The number of alkyl halides is 1. The van der Waals surface area contributed by atoms with Crippen LogP contribution in [-0.4, -0.2) is 61.8 Å². The predicted octanol–water partition coefficient (Wildman–Crippen LogP) is 5.00. The van der Waals surface area contributed by atoms with Crippen molar-refractivity contribution in [1.29, 1.82) is 0 Å². The maximum Gasteiger partial charge on any atom is 0.185 e. The highest BCUT2D eigenvalue weighted by Crippen LogP contribution is 2.43. The van der Waals surface area contributed by atoms with E-state index in [1.807, 2.05) is 6.92 Å². The van der Waals surface area contributed by atoms with Gasteiger partial charge in [-0.3, -0.25) is 0 Å². The minimum Gasteiger partial charge on any atom is -0.507 e. The quantitative estimate of drug-likeness (QED) is 0.459. The summed E-state index contributed by atoms with van der Waals surface area (Å²) in [6.45, 7) is 4.08.